The molecule has 113 heavy (non-hydrogen) atoms. The summed E-state index contributed by atoms with van der Waals surface area (Å²) in [7, 11) is -5.39. The Kier molecular flexibility index (Phi) is 30.0. The van der Waals surface area contributed by atoms with Gasteiger partial charge in [0.2, 0.25) is 0 Å². The van der Waals surface area contributed by atoms with E-state index in [-0.39, 0.29) is 212 Å². The van der Waals surface area contributed by atoms with Gasteiger partial charge < -0.3 is 19.2 Å². The summed E-state index contributed by atoms with van der Waals surface area (Å²) in [5, 5.41) is 27.0. The van der Waals surface area contributed by atoms with E-state index in [4.69, 9.17) is 106 Å². The van der Waals surface area contributed by atoms with E-state index < -0.39 is 86.8 Å². The normalized spacial score (nSPS) is 12.6. The monoisotopic (exact) mass is 1790 g/mol. The fourth-order valence-corrected chi connectivity index (χ4v) is 11.9. The number of hydrogen-bond donors (Lipinski definition) is 3. The molecule has 0 spiro atoms. The Balaban J connectivity index is 0.000000188. The maximum absolute atomic E-state index is 13.3. The number of nitrogens with two attached hydrogens (primary N) is 3. The molecule has 3 aromatic carbocycles. The summed E-state index contributed by atoms with van der Waals surface area (Å²) in [4.78, 5) is 125. The van der Waals surface area contributed by atoms with Gasteiger partial charge in [-0.3, -0.25) is 0 Å². The smallest absolute Gasteiger partial charge is 0.822 e. The Hall–Kier alpha value is -7.24. The zero-order valence-electron chi connectivity index (χ0n) is 56.5. The zero-order valence-corrected chi connectivity index (χ0v) is 68.6. The van der Waals surface area contributed by atoms with E-state index >= 15 is 0 Å². The Labute approximate surface area is 726 Å². The van der Waals surface area contributed by atoms with E-state index in [9.17, 15) is 68.3 Å². The Morgan fingerprint density at radius 2 is 0.628 bits per heavy atom. The Morgan fingerprint density at radius 1 is 0.407 bits per heavy atom. The fraction of sp³-hybridized carbons (Fsp3) is 0.200. The molecule has 578 valence electrons. The summed E-state index contributed by atoms with van der Waals surface area (Å²) >= 11 is 35.9. The van der Waals surface area contributed by atoms with Gasteiger partial charge in [0, 0.05) is 0 Å². The van der Waals surface area contributed by atoms with Crippen LogP contribution < -0.4 is 49.0 Å². The van der Waals surface area contributed by atoms with Crippen molar-refractivity contribution in [1.82, 2.24) is 102 Å². The molecule has 3 atom stereocenters. The average molecular weight is 1790 g/mol. The van der Waals surface area contributed by atoms with Crippen molar-refractivity contribution >= 4 is 203 Å². The van der Waals surface area contributed by atoms with Gasteiger partial charge in [0.1, 0.15) is 0 Å². The molecule has 9 heterocycles. The van der Waals surface area contributed by atoms with Crippen LogP contribution >= 0.6 is 77.4 Å². The molecular weight excluding hydrogens is 1750 g/mol. The summed E-state index contributed by atoms with van der Waals surface area (Å²) < 4.78 is 132. The summed E-state index contributed by atoms with van der Waals surface area (Å²) in [6.07, 6.45) is -9.17. The number of phosphoric acid groups is 1. The second-order valence-electron chi connectivity index (χ2n) is 23.1. The first-order chi connectivity index (χ1) is 52.9. The first-order valence-electron chi connectivity index (χ1n) is 31.2. The zero-order chi connectivity index (χ0) is 83.1. The van der Waals surface area contributed by atoms with Gasteiger partial charge in [-0.2, -0.15) is 7.82 Å². The first kappa shape index (κ1) is 89.7. The van der Waals surface area contributed by atoms with Crippen LogP contribution in [0.2, 0.25) is 36.2 Å². The molecule has 3 amide bonds. The van der Waals surface area contributed by atoms with Gasteiger partial charge in [-0.1, -0.05) is 0 Å². The predicted octanol–water partition coefficient (Wildman–Crippen LogP) is 5.16. The van der Waals surface area contributed by atoms with Crippen molar-refractivity contribution in [3.8, 4) is 51.6 Å². The molecular formula is C60H42Ca3Cl6F9N24O10P. The number of hydrogen-bond acceptors (Lipinski definition) is 22. The molecule has 3 unspecified atom stereocenters. The summed E-state index contributed by atoms with van der Waals surface area (Å²) in [5.74, 6) is -3.58. The molecule has 34 nitrogen and oxygen atoms in total. The molecule has 0 aliphatic heterocycles. The molecule has 0 fully saturated rings. The minimum absolute atomic E-state index is 0.0155. The van der Waals surface area contributed by atoms with E-state index in [0.29, 0.717) is 31.8 Å². The SMILES string of the molecule is NC(=O)c1nc(Cn2nc(-c3ccc(Cl)cc3)n(C[CH]([Ca+])C(F)(F)F)c2=O)nn1-c1ncccc1Cl.NC(=O)c1nc(Cn2nc(-c3ccc(Cl)cc3)n(C[CH]([Ca+])C(F)(F)F)c2=O)nn1-c1ncccc1Cl.NC(=O)c1nc(Cn2nc(-c3ccc(Cl)cc3)n(C[CH]([Ca+])C(F)(F)F)c2=O)nn1-c1ncccc1Cl.O=P([O-])([O-])[O-]. The second kappa shape index (κ2) is 37.8. The number of rotatable bonds is 21. The van der Waals surface area contributed by atoms with Crippen molar-refractivity contribution in [2.24, 2.45) is 17.2 Å². The van der Waals surface area contributed by atoms with Crippen LogP contribution in [0.5, 0.6) is 0 Å². The van der Waals surface area contributed by atoms with Crippen LogP contribution in [0.3, 0.4) is 0 Å². The van der Waals surface area contributed by atoms with Gasteiger partial charge in [-0.05, 0) is 18.2 Å². The Morgan fingerprint density at radius 3 is 0.823 bits per heavy atom. The number of alkyl halides is 9. The molecule has 12 aromatic rings. The van der Waals surface area contributed by atoms with Gasteiger partial charge in [0.05, 0.1) is 0 Å². The molecule has 53 heteroatoms. The summed E-state index contributed by atoms with van der Waals surface area (Å²) in [6, 6.07) is 27.7. The standard InChI is InChI=1S/3C20H14Cl2F3N8O2.3Ca.H3O4P/c3*21-12-5-3-11(4-6-12)16-30-32(19(35)31(16)9-7-20(23,24)25)10-14-28-18(15(26)34)33(29-14)17-13(22)2-1-8-27-17;;;;1-5(2,3)4/h3*1-8H,9-10H2,(H2,26,34);;;;(H3,1,2,3,4)/q;;;3*+1;/p-3. The molecule has 6 N–H and O–H groups in total. The van der Waals surface area contributed by atoms with Crippen molar-refractivity contribution in [1.29, 1.82) is 0 Å². The van der Waals surface area contributed by atoms with Gasteiger partial charge in [-0.25, -0.2) is 0 Å². The van der Waals surface area contributed by atoms with Gasteiger partial charge in [-0.15, -0.1) is 0 Å². The molecule has 0 radical (unpaired) electrons. The maximum atomic E-state index is 13.3. The van der Waals surface area contributed by atoms with Crippen LogP contribution in [0.4, 0.5) is 39.5 Å². The van der Waals surface area contributed by atoms with Crippen molar-refractivity contribution in [3.05, 3.63) is 224 Å². The third-order valence-corrected chi connectivity index (χ3v) is 20.0. The number of nitrogens with zero attached hydrogens (tertiary/aromatic N) is 21. The predicted molar refractivity (Wildman–Crippen MR) is 380 cm³/mol. The number of carbonyl (C=O) groups is 3. The quantitative estimate of drug-likeness (QED) is 0.0475. The van der Waals surface area contributed by atoms with E-state index in [1.165, 1.54) is 73.2 Å². The number of amides is 3. The number of aromatic nitrogens is 21. The summed E-state index contributed by atoms with van der Waals surface area (Å²) in [6.45, 7) is -2.92. The van der Waals surface area contributed by atoms with E-state index in [1.54, 1.807) is 54.6 Å². The van der Waals surface area contributed by atoms with Crippen molar-refractivity contribution in [3.63, 3.8) is 0 Å². The van der Waals surface area contributed by atoms with Gasteiger partial charge in [0.15, 0.2) is 0 Å². The minimum atomic E-state index is -5.39. The van der Waals surface area contributed by atoms with E-state index in [0.717, 1.165) is 41.8 Å². The number of pyridine rings is 3. The van der Waals surface area contributed by atoms with Crippen molar-refractivity contribution < 1.29 is 73.1 Å². The molecule has 0 saturated heterocycles. The number of primary amides is 3. The van der Waals surface area contributed by atoms with E-state index in [2.05, 4.69) is 60.5 Å². The molecule has 0 aliphatic carbocycles. The molecule has 0 saturated carbocycles. The number of halogens is 15. The van der Waals surface area contributed by atoms with Crippen molar-refractivity contribution in [2.75, 3.05) is 0 Å². The topological polar surface area (TPSA) is 466 Å². The van der Waals surface area contributed by atoms with Crippen LogP contribution in [0.25, 0.3) is 51.6 Å². The van der Waals surface area contributed by atoms with Crippen LogP contribution in [0, 0.1) is 0 Å². The third kappa shape index (κ3) is 23.3. The van der Waals surface area contributed by atoms with Crippen LogP contribution in [-0.2, 0) is 43.8 Å². The molecule has 12 rings (SSSR count). The van der Waals surface area contributed by atoms with Crippen LogP contribution in [0.1, 0.15) is 49.3 Å². The third-order valence-electron chi connectivity index (χ3n) is 15.0. The van der Waals surface area contributed by atoms with Crippen LogP contribution in [0.15, 0.2) is 142 Å². The Bertz CT molecular complexity index is 5180. The minimum Gasteiger partial charge on any atom is -0.822 e. The number of benzene rings is 3. The number of carbonyl (C=O) groups excluding carboxylic acids is 3. The molecule has 0 aliphatic rings. The second-order valence-corrected chi connectivity index (χ2v) is 31.2. The van der Waals surface area contributed by atoms with E-state index in [1.807, 2.05) is 0 Å². The first-order valence-corrected chi connectivity index (χ1v) is 38.7. The average Bonchev–Trinajstić information content (AvgIpc) is 1.65. The summed E-state index contributed by atoms with van der Waals surface area (Å²) in [5.41, 5.74) is 15.0. The van der Waals surface area contributed by atoms with Crippen LogP contribution in [-0.4, -0.2) is 246 Å². The fourth-order valence-electron chi connectivity index (χ4n) is 9.72. The molecule has 9 aromatic heterocycles. The van der Waals surface area contributed by atoms with Gasteiger partial charge in [0.25, 0.3) is 0 Å². The van der Waals surface area contributed by atoms with Gasteiger partial charge >= 0.3 is 690 Å². The molecule has 0 bridgehead atoms. The van der Waals surface area contributed by atoms with Crippen molar-refractivity contribution in [2.45, 2.75) is 63.8 Å².